The molecule has 0 bridgehead atoms. The second kappa shape index (κ2) is 5.85. The van der Waals surface area contributed by atoms with E-state index in [1.807, 2.05) is 11.3 Å². The van der Waals surface area contributed by atoms with Crippen molar-refractivity contribution >= 4 is 27.3 Å². The molecule has 1 aliphatic carbocycles. The van der Waals surface area contributed by atoms with Gasteiger partial charge in [-0.25, -0.2) is 0 Å². The third-order valence-electron chi connectivity index (χ3n) is 4.19. The normalized spacial score (nSPS) is 31.4. The van der Waals surface area contributed by atoms with Crippen LogP contribution in [0.3, 0.4) is 0 Å². The molecular weight excluding hydrogens is 294 g/mol. The number of hydrogen-bond acceptors (Lipinski definition) is 2. The fraction of sp³-hybridized carbons (Fsp3) is 0.714. The Morgan fingerprint density at radius 1 is 1.41 bits per heavy atom. The van der Waals surface area contributed by atoms with Crippen LogP contribution in [0, 0.1) is 11.8 Å². The summed E-state index contributed by atoms with van der Waals surface area (Å²) in [5.41, 5.74) is 0. The molecule has 1 saturated carbocycles. The molecule has 1 fully saturated rings. The van der Waals surface area contributed by atoms with Crippen molar-refractivity contribution in [3.8, 4) is 0 Å². The second-order valence-corrected chi connectivity index (χ2v) is 7.29. The van der Waals surface area contributed by atoms with E-state index in [4.69, 9.17) is 0 Å². The van der Waals surface area contributed by atoms with E-state index < -0.39 is 0 Å². The maximum absolute atomic E-state index is 3.82. The third-order valence-corrected chi connectivity index (χ3v) is 6.06. The van der Waals surface area contributed by atoms with Crippen molar-refractivity contribution in [1.82, 2.24) is 5.32 Å². The highest BCUT2D eigenvalue weighted by molar-refractivity contribution is 9.10. The van der Waals surface area contributed by atoms with Crippen molar-refractivity contribution in [1.29, 1.82) is 0 Å². The lowest BCUT2D eigenvalue weighted by atomic mass is 9.78. The minimum Gasteiger partial charge on any atom is -0.306 e. The summed E-state index contributed by atoms with van der Waals surface area (Å²) >= 11 is 5.37. The maximum atomic E-state index is 3.82. The predicted molar refractivity (Wildman–Crippen MR) is 79.5 cm³/mol. The van der Waals surface area contributed by atoms with Crippen LogP contribution in [-0.2, 0) is 0 Å². The molecule has 2 rings (SSSR count). The van der Waals surface area contributed by atoms with Gasteiger partial charge in [0.2, 0.25) is 0 Å². The summed E-state index contributed by atoms with van der Waals surface area (Å²) in [4.78, 5) is 1.43. The Morgan fingerprint density at radius 3 is 2.82 bits per heavy atom. The van der Waals surface area contributed by atoms with Crippen LogP contribution in [0.4, 0.5) is 0 Å². The van der Waals surface area contributed by atoms with Crippen LogP contribution in [0.1, 0.15) is 51.0 Å². The van der Waals surface area contributed by atoms with Crippen molar-refractivity contribution in [2.24, 2.45) is 11.8 Å². The molecule has 1 aliphatic rings. The summed E-state index contributed by atoms with van der Waals surface area (Å²) in [5.74, 6) is 1.66. The van der Waals surface area contributed by atoms with Gasteiger partial charge in [0.15, 0.2) is 0 Å². The van der Waals surface area contributed by atoms with Gasteiger partial charge in [0.25, 0.3) is 0 Å². The Balaban J connectivity index is 1.96. The van der Waals surface area contributed by atoms with Crippen LogP contribution < -0.4 is 5.32 Å². The number of hydrogen-bond donors (Lipinski definition) is 1. The number of rotatable bonds is 3. The van der Waals surface area contributed by atoms with Gasteiger partial charge < -0.3 is 5.32 Å². The topological polar surface area (TPSA) is 12.0 Å². The van der Waals surface area contributed by atoms with E-state index in [2.05, 4.69) is 53.5 Å². The molecule has 1 heterocycles. The van der Waals surface area contributed by atoms with Gasteiger partial charge in [0.1, 0.15) is 0 Å². The van der Waals surface area contributed by atoms with Gasteiger partial charge >= 0.3 is 0 Å². The average molecular weight is 316 g/mol. The van der Waals surface area contributed by atoms with Crippen LogP contribution in [-0.4, -0.2) is 6.04 Å². The number of thiophene rings is 1. The van der Waals surface area contributed by atoms with Crippen molar-refractivity contribution in [3.05, 3.63) is 20.8 Å². The molecule has 0 aliphatic heterocycles. The highest BCUT2D eigenvalue weighted by Crippen LogP contribution is 2.32. The molecule has 96 valence electrons. The molecule has 1 aromatic rings. The van der Waals surface area contributed by atoms with Gasteiger partial charge in [-0.3, -0.25) is 0 Å². The first kappa shape index (κ1) is 13.6. The summed E-state index contributed by atoms with van der Waals surface area (Å²) in [6, 6.07) is 3.40. The highest BCUT2D eigenvalue weighted by Gasteiger charge is 2.28. The lowest BCUT2D eigenvalue weighted by molar-refractivity contribution is 0.197. The lowest BCUT2D eigenvalue weighted by Crippen LogP contribution is -2.41. The van der Waals surface area contributed by atoms with E-state index in [1.165, 1.54) is 28.6 Å². The Labute approximate surface area is 117 Å². The quantitative estimate of drug-likeness (QED) is 0.829. The Morgan fingerprint density at radius 2 is 2.18 bits per heavy atom. The fourth-order valence-electron chi connectivity index (χ4n) is 2.78. The first-order chi connectivity index (χ1) is 8.08. The first-order valence-corrected chi connectivity index (χ1v) is 8.25. The molecule has 0 spiro atoms. The van der Waals surface area contributed by atoms with Crippen molar-refractivity contribution in [2.45, 2.75) is 52.1 Å². The smallest absolute Gasteiger partial charge is 0.0388 e. The molecule has 4 atom stereocenters. The van der Waals surface area contributed by atoms with E-state index in [0.29, 0.717) is 12.1 Å². The maximum Gasteiger partial charge on any atom is 0.0388 e. The van der Waals surface area contributed by atoms with Crippen molar-refractivity contribution < 1.29 is 0 Å². The number of halogens is 1. The van der Waals surface area contributed by atoms with E-state index in [1.54, 1.807) is 0 Å². The zero-order valence-corrected chi connectivity index (χ0v) is 13.3. The second-order valence-electron chi connectivity index (χ2n) is 5.43. The molecule has 1 N–H and O–H groups in total. The zero-order chi connectivity index (χ0) is 12.4. The molecule has 1 aromatic heterocycles. The van der Waals surface area contributed by atoms with Gasteiger partial charge in [-0.1, -0.05) is 26.7 Å². The summed E-state index contributed by atoms with van der Waals surface area (Å²) in [5, 5.41) is 5.99. The monoisotopic (exact) mass is 315 g/mol. The van der Waals surface area contributed by atoms with Gasteiger partial charge in [0.05, 0.1) is 0 Å². The lowest BCUT2D eigenvalue weighted by Gasteiger charge is -2.36. The van der Waals surface area contributed by atoms with Gasteiger partial charge in [-0.2, -0.15) is 0 Å². The zero-order valence-electron chi connectivity index (χ0n) is 10.9. The Bertz CT molecular complexity index is 363. The molecular formula is C14H22BrNS. The molecule has 4 unspecified atom stereocenters. The summed E-state index contributed by atoms with van der Waals surface area (Å²) in [6.45, 7) is 7.08. The van der Waals surface area contributed by atoms with E-state index >= 15 is 0 Å². The summed E-state index contributed by atoms with van der Waals surface area (Å²) in [6.07, 6.45) is 4.12. The van der Waals surface area contributed by atoms with Crippen LogP contribution in [0.15, 0.2) is 15.9 Å². The average Bonchev–Trinajstić information content (AvgIpc) is 2.72. The van der Waals surface area contributed by atoms with Gasteiger partial charge in [0, 0.05) is 26.8 Å². The molecule has 17 heavy (non-hydrogen) atoms. The van der Waals surface area contributed by atoms with Crippen LogP contribution in [0.5, 0.6) is 0 Å². The molecule has 1 nitrogen and oxygen atoms in total. The molecule has 0 aromatic carbocycles. The van der Waals surface area contributed by atoms with Crippen molar-refractivity contribution in [3.63, 3.8) is 0 Å². The van der Waals surface area contributed by atoms with Gasteiger partial charge in [-0.05, 0) is 47.2 Å². The third kappa shape index (κ3) is 3.33. The fourth-order valence-corrected chi connectivity index (χ4v) is 4.24. The van der Waals surface area contributed by atoms with E-state index in [-0.39, 0.29) is 0 Å². The minimum absolute atomic E-state index is 0.476. The van der Waals surface area contributed by atoms with Crippen LogP contribution >= 0.6 is 27.3 Å². The Kier molecular flexibility index (Phi) is 4.67. The van der Waals surface area contributed by atoms with Crippen molar-refractivity contribution in [2.75, 3.05) is 0 Å². The van der Waals surface area contributed by atoms with Crippen LogP contribution in [0.2, 0.25) is 0 Å². The summed E-state index contributed by atoms with van der Waals surface area (Å²) in [7, 11) is 0. The van der Waals surface area contributed by atoms with E-state index in [9.17, 15) is 0 Å². The molecule has 0 amide bonds. The molecule has 0 saturated heterocycles. The Hall–Kier alpha value is 0.140. The standard InChI is InChI=1S/C14H22BrNS/c1-9-5-4-6-13(10(9)2)16-11(3)14-7-12(15)8-17-14/h7-11,13,16H,4-6H2,1-3H3. The predicted octanol–water partition coefficient (Wildman–Crippen LogP) is 4.99. The molecule has 3 heteroatoms. The number of nitrogens with one attached hydrogen (secondary N) is 1. The first-order valence-electron chi connectivity index (χ1n) is 6.58. The summed E-state index contributed by atoms with van der Waals surface area (Å²) < 4.78 is 1.20. The van der Waals surface area contributed by atoms with E-state index in [0.717, 1.165) is 11.8 Å². The SMILES string of the molecule is CC(NC1CCCC(C)C1C)c1cc(Br)cs1. The largest absolute Gasteiger partial charge is 0.306 e. The van der Waals surface area contributed by atoms with Crippen LogP contribution in [0.25, 0.3) is 0 Å². The minimum atomic E-state index is 0.476. The van der Waals surface area contributed by atoms with Gasteiger partial charge in [-0.15, -0.1) is 11.3 Å². The highest BCUT2D eigenvalue weighted by atomic mass is 79.9. The molecule has 0 radical (unpaired) electrons.